The minimum absolute atomic E-state index is 0.0316. The molecule has 13 heteroatoms. The molecule has 2 aromatic carbocycles. The van der Waals surface area contributed by atoms with Crippen LogP contribution in [0.1, 0.15) is 30.5 Å². The molecule has 1 amide bonds. The van der Waals surface area contributed by atoms with Gasteiger partial charge in [-0.25, -0.2) is 0 Å². The number of ether oxygens (including phenoxy) is 1. The van der Waals surface area contributed by atoms with Crippen LogP contribution in [0.25, 0.3) is 0 Å². The Bertz CT molecular complexity index is 1180. The lowest BCUT2D eigenvalue weighted by molar-refractivity contribution is -0.150. The molecule has 1 aliphatic heterocycles. The molecule has 1 heterocycles. The van der Waals surface area contributed by atoms with Crippen molar-refractivity contribution < 1.29 is 40.7 Å². The summed E-state index contributed by atoms with van der Waals surface area (Å²) < 4.78 is 82.6. The Labute approximate surface area is 206 Å². The third-order valence-corrected chi connectivity index (χ3v) is 5.67. The lowest BCUT2D eigenvalue weighted by Gasteiger charge is -2.24. The second-order valence-electron chi connectivity index (χ2n) is 8.14. The van der Waals surface area contributed by atoms with E-state index >= 15 is 0 Å². The number of anilines is 1. The van der Waals surface area contributed by atoms with E-state index in [-0.39, 0.29) is 30.1 Å². The van der Waals surface area contributed by atoms with Crippen molar-refractivity contribution in [3.8, 4) is 0 Å². The highest BCUT2D eigenvalue weighted by atomic mass is 35.5. The number of carbonyl (C=O) groups excluding carboxylic acids is 2. The summed E-state index contributed by atoms with van der Waals surface area (Å²) in [4.78, 5) is 25.3. The predicted molar refractivity (Wildman–Crippen MR) is 119 cm³/mol. The molecule has 0 saturated heterocycles. The van der Waals surface area contributed by atoms with Crippen LogP contribution in [0.4, 0.5) is 32.0 Å². The summed E-state index contributed by atoms with van der Waals surface area (Å²) in [6.07, 6.45) is -9.21. The zero-order valence-corrected chi connectivity index (χ0v) is 19.7. The highest BCUT2D eigenvalue weighted by Crippen LogP contribution is 2.38. The predicted octanol–water partition coefficient (Wildman–Crippen LogP) is 5.61. The van der Waals surface area contributed by atoms with Crippen LogP contribution in [0.5, 0.6) is 0 Å². The van der Waals surface area contributed by atoms with Crippen LogP contribution in [-0.2, 0) is 26.7 Å². The average molecular weight is 536 g/mol. The molecule has 0 bridgehead atoms. The van der Waals surface area contributed by atoms with Gasteiger partial charge >= 0.3 is 18.3 Å². The van der Waals surface area contributed by atoms with E-state index < -0.39 is 52.3 Å². The number of halogens is 7. The van der Waals surface area contributed by atoms with Crippen molar-refractivity contribution in [3.05, 3.63) is 64.2 Å². The Balaban J connectivity index is 1.84. The normalized spacial score (nSPS) is 18.1. The van der Waals surface area contributed by atoms with Crippen LogP contribution < -0.4 is 5.32 Å². The van der Waals surface area contributed by atoms with Crippen molar-refractivity contribution in [2.24, 2.45) is 10.5 Å². The number of alkyl halides is 6. The number of hydrazone groups is 1. The van der Waals surface area contributed by atoms with Crippen LogP contribution in [0, 0.1) is 5.41 Å². The van der Waals surface area contributed by atoms with Gasteiger partial charge < -0.3 is 10.1 Å². The molecule has 0 spiro atoms. The van der Waals surface area contributed by atoms with E-state index in [0.717, 1.165) is 42.5 Å². The number of nitrogens with one attached hydrogen (secondary N) is 1. The molecule has 3 rings (SSSR count). The van der Waals surface area contributed by atoms with Gasteiger partial charge in [0.2, 0.25) is 5.91 Å². The minimum atomic E-state index is -4.68. The van der Waals surface area contributed by atoms with Crippen LogP contribution in [0.2, 0.25) is 5.02 Å². The number of amides is 1. The van der Waals surface area contributed by atoms with E-state index in [1.165, 1.54) is 11.9 Å². The maximum Gasteiger partial charge on any atom is 0.417 e. The van der Waals surface area contributed by atoms with E-state index in [2.05, 4.69) is 10.4 Å². The monoisotopic (exact) mass is 535 g/mol. The lowest BCUT2D eigenvalue weighted by Crippen LogP contribution is -2.41. The molecule has 6 nitrogen and oxygen atoms in total. The van der Waals surface area contributed by atoms with Crippen molar-refractivity contribution in [3.63, 3.8) is 0 Å². The summed E-state index contributed by atoms with van der Waals surface area (Å²) in [6.45, 7) is 2.55. The fourth-order valence-electron chi connectivity index (χ4n) is 3.65. The molecule has 1 atom stereocenters. The molecule has 0 aromatic heterocycles. The summed E-state index contributed by atoms with van der Waals surface area (Å²) in [5.41, 5.74) is -3.08. The zero-order valence-electron chi connectivity index (χ0n) is 18.9. The molecule has 1 aliphatic rings. The van der Waals surface area contributed by atoms with Crippen LogP contribution in [-0.4, -0.2) is 42.3 Å². The SMILES string of the molecule is CCOC(=O)C1(C)CN(CC(=O)Nc2ccc(C(F)(F)F)cc2)N=C1c1ccc(C(F)(F)F)c(Cl)c1. The van der Waals surface area contributed by atoms with Crippen molar-refractivity contribution in [2.45, 2.75) is 26.2 Å². The Morgan fingerprint density at radius 1 is 1.08 bits per heavy atom. The lowest BCUT2D eigenvalue weighted by atomic mass is 9.82. The Morgan fingerprint density at radius 2 is 1.72 bits per heavy atom. The van der Waals surface area contributed by atoms with Gasteiger partial charge in [0.25, 0.3) is 0 Å². The molecule has 0 aliphatic carbocycles. The molecule has 0 saturated carbocycles. The molecular weight excluding hydrogens is 516 g/mol. The van der Waals surface area contributed by atoms with Crippen LogP contribution in [0.3, 0.4) is 0 Å². The summed E-state index contributed by atoms with van der Waals surface area (Å²) >= 11 is 5.84. The standard InChI is InChI=1S/C23H20ClF6N3O3/c1-3-36-20(35)21(2)12-33(11-18(34)31-15-7-5-14(6-8-15)22(25,26)27)32-19(21)13-4-9-16(17(24)10-13)23(28,29)30/h4-10H,3,11-12H2,1-2H3,(H,31,34). The minimum Gasteiger partial charge on any atom is -0.465 e. The largest absolute Gasteiger partial charge is 0.465 e. The summed E-state index contributed by atoms with van der Waals surface area (Å²) in [6, 6.07) is 6.73. The fraction of sp³-hybridized carbons (Fsp3) is 0.348. The van der Waals surface area contributed by atoms with Gasteiger partial charge in [-0.3, -0.25) is 14.6 Å². The maximum atomic E-state index is 13.1. The van der Waals surface area contributed by atoms with Crippen molar-refractivity contribution in [1.82, 2.24) is 5.01 Å². The Kier molecular flexibility index (Phi) is 7.58. The first-order valence-electron chi connectivity index (χ1n) is 10.5. The van der Waals surface area contributed by atoms with Crippen molar-refractivity contribution in [2.75, 3.05) is 25.0 Å². The van der Waals surface area contributed by atoms with Crippen LogP contribution >= 0.6 is 11.6 Å². The Morgan fingerprint density at radius 3 is 2.25 bits per heavy atom. The highest BCUT2D eigenvalue weighted by molar-refractivity contribution is 6.32. The number of nitrogens with zero attached hydrogens (tertiary/aromatic N) is 2. The topological polar surface area (TPSA) is 71.0 Å². The van der Waals surface area contributed by atoms with E-state index in [9.17, 15) is 35.9 Å². The summed E-state index contributed by atoms with van der Waals surface area (Å²) in [5.74, 6) is -1.35. The van der Waals surface area contributed by atoms with E-state index in [4.69, 9.17) is 16.3 Å². The molecule has 2 aromatic rings. The number of esters is 1. The van der Waals surface area contributed by atoms with Gasteiger partial charge in [0, 0.05) is 11.3 Å². The van der Waals surface area contributed by atoms with Crippen molar-refractivity contribution >= 4 is 34.9 Å². The molecular formula is C23H20ClF6N3O3. The van der Waals surface area contributed by atoms with E-state index in [1.807, 2.05) is 0 Å². The first kappa shape index (κ1) is 27.3. The summed E-state index contributed by atoms with van der Waals surface area (Å²) in [7, 11) is 0. The number of rotatable bonds is 6. The molecule has 36 heavy (non-hydrogen) atoms. The summed E-state index contributed by atoms with van der Waals surface area (Å²) in [5, 5.41) is 7.34. The van der Waals surface area contributed by atoms with Gasteiger partial charge in [-0.2, -0.15) is 31.4 Å². The van der Waals surface area contributed by atoms with E-state index in [1.54, 1.807) is 6.92 Å². The molecule has 0 fully saturated rings. The first-order chi connectivity index (χ1) is 16.6. The molecule has 194 valence electrons. The third kappa shape index (κ3) is 5.92. The third-order valence-electron chi connectivity index (χ3n) is 5.36. The number of carbonyl (C=O) groups is 2. The average Bonchev–Trinajstić information content (AvgIpc) is 3.09. The van der Waals surface area contributed by atoms with Crippen molar-refractivity contribution in [1.29, 1.82) is 0 Å². The Hall–Kier alpha value is -3.28. The van der Waals surface area contributed by atoms with Crippen LogP contribution in [0.15, 0.2) is 47.6 Å². The van der Waals surface area contributed by atoms with Gasteiger partial charge in [-0.15, -0.1) is 0 Å². The van der Waals surface area contributed by atoms with E-state index in [0.29, 0.717) is 0 Å². The second-order valence-corrected chi connectivity index (χ2v) is 8.55. The number of benzene rings is 2. The smallest absolute Gasteiger partial charge is 0.417 e. The number of hydrogen-bond donors (Lipinski definition) is 1. The molecule has 0 radical (unpaired) electrons. The zero-order chi connectivity index (χ0) is 26.9. The highest BCUT2D eigenvalue weighted by Gasteiger charge is 2.47. The second kappa shape index (κ2) is 10.00. The number of hydrogen-bond acceptors (Lipinski definition) is 5. The van der Waals surface area contributed by atoms with Gasteiger partial charge in [0.1, 0.15) is 12.0 Å². The molecule has 1 unspecified atom stereocenters. The maximum absolute atomic E-state index is 13.1. The van der Waals surface area contributed by atoms with Gasteiger partial charge in [-0.05, 0) is 50.2 Å². The van der Waals surface area contributed by atoms with Gasteiger partial charge in [0.05, 0.1) is 35.0 Å². The fourth-order valence-corrected chi connectivity index (χ4v) is 3.94. The quantitative estimate of drug-likeness (QED) is 0.386. The molecule has 1 N–H and O–H groups in total. The van der Waals surface area contributed by atoms with Gasteiger partial charge in [0.15, 0.2) is 0 Å². The van der Waals surface area contributed by atoms with Gasteiger partial charge in [-0.1, -0.05) is 17.7 Å². The first-order valence-corrected chi connectivity index (χ1v) is 10.9.